The summed E-state index contributed by atoms with van der Waals surface area (Å²) < 4.78 is 11.0. The van der Waals surface area contributed by atoms with Crippen LogP contribution in [0.15, 0.2) is 28.7 Å². The molecule has 1 aromatic heterocycles. The fourth-order valence-electron chi connectivity index (χ4n) is 1.93. The number of alkyl halides is 1. The van der Waals surface area contributed by atoms with Gasteiger partial charge in [0, 0.05) is 17.9 Å². The molecular weight excluding hydrogens is 254 g/mol. The molecule has 0 bridgehead atoms. The van der Waals surface area contributed by atoms with Gasteiger partial charge in [0.15, 0.2) is 0 Å². The normalized spacial score (nSPS) is 17.3. The van der Waals surface area contributed by atoms with Crippen molar-refractivity contribution in [2.75, 3.05) is 17.8 Å². The largest absolute Gasteiger partial charge is 0.491 e. The van der Waals surface area contributed by atoms with Crippen molar-refractivity contribution in [3.05, 3.63) is 35.7 Å². The Balaban J connectivity index is 1.73. The summed E-state index contributed by atoms with van der Waals surface area (Å²) in [7, 11) is 0. The first-order valence-electron chi connectivity index (χ1n) is 5.73. The van der Waals surface area contributed by atoms with E-state index < -0.39 is 0 Å². The molecule has 0 spiro atoms. The average Bonchev–Trinajstić information content (AvgIpc) is 2.99. The van der Waals surface area contributed by atoms with Crippen LogP contribution in [0.1, 0.15) is 17.5 Å². The van der Waals surface area contributed by atoms with Gasteiger partial charge >= 0.3 is 6.01 Å². The van der Waals surface area contributed by atoms with E-state index in [2.05, 4.69) is 15.5 Å². The summed E-state index contributed by atoms with van der Waals surface area (Å²) in [5.41, 5.74) is 1.11. The molecule has 0 radical (unpaired) electrons. The summed E-state index contributed by atoms with van der Waals surface area (Å²) in [5.74, 6) is 1.91. The van der Waals surface area contributed by atoms with E-state index in [1.807, 2.05) is 24.3 Å². The van der Waals surface area contributed by atoms with E-state index in [1.165, 1.54) is 0 Å². The van der Waals surface area contributed by atoms with Crippen LogP contribution in [0, 0.1) is 0 Å². The molecule has 1 atom stereocenters. The lowest BCUT2D eigenvalue weighted by Crippen LogP contribution is -2.12. The van der Waals surface area contributed by atoms with Crippen LogP contribution in [0.25, 0.3) is 0 Å². The van der Waals surface area contributed by atoms with E-state index in [-0.39, 0.29) is 6.04 Å². The van der Waals surface area contributed by atoms with E-state index in [9.17, 15) is 0 Å². The maximum Gasteiger partial charge on any atom is 0.316 e. The molecule has 1 aliphatic heterocycles. The zero-order valence-electron chi connectivity index (χ0n) is 9.60. The highest BCUT2D eigenvalue weighted by Crippen LogP contribution is 2.33. The highest BCUT2D eigenvalue weighted by molar-refractivity contribution is 6.17. The molecule has 1 aromatic carbocycles. The van der Waals surface area contributed by atoms with Crippen LogP contribution in [-0.2, 0) is 6.42 Å². The maximum atomic E-state index is 5.61. The van der Waals surface area contributed by atoms with Gasteiger partial charge in [-0.1, -0.05) is 23.3 Å². The molecule has 1 N–H and O–H groups in total. The van der Waals surface area contributed by atoms with Crippen LogP contribution in [0.4, 0.5) is 6.01 Å². The van der Waals surface area contributed by atoms with Crippen molar-refractivity contribution in [2.24, 2.45) is 0 Å². The molecular formula is C12H12ClN3O2. The van der Waals surface area contributed by atoms with Gasteiger partial charge in [0.1, 0.15) is 12.4 Å². The number of aryl methyl sites for hydroxylation is 1. The highest BCUT2D eigenvalue weighted by Gasteiger charge is 2.24. The standard InChI is InChI=1S/C12H12ClN3O2/c13-6-5-11-15-16-12(18-11)14-9-7-17-10-4-2-1-3-8(9)10/h1-4,9H,5-7H2,(H,14,16). The third kappa shape index (κ3) is 2.13. The molecule has 0 saturated heterocycles. The first kappa shape index (κ1) is 11.3. The minimum absolute atomic E-state index is 0.0468. The highest BCUT2D eigenvalue weighted by atomic mass is 35.5. The van der Waals surface area contributed by atoms with Gasteiger partial charge in [0.25, 0.3) is 0 Å². The number of fused-ring (bicyclic) bond motifs is 1. The smallest absolute Gasteiger partial charge is 0.316 e. The molecule has 2 heterocycles. The predicted molar refractivity (Wildman–Crippen MR) is 67.0 cm³/mol. The number of nitrogens with zero attached hydrogens (tertiary/aromatic N) is 2. The van der Waals surface area contributed by atoms with Crippen LogP contribution in [0.5, 0.6) is 5.75 Å². The summed E-state index contributed by atoms with van der Waals surface area (Å²) in [6.07, 6.45) is 0.577. The van der Waals surface area contributed by atoms with Gasteiger partial charge < -0.3 is 14.5 Å². The van der Waals surface area contributed by atoms with Crippen LogP contribution in [0.2, 0.25) is 0 Å². The van der Waals surface area contributed by atoms with Gasteiger partial charge in [-0.05, 0) is 6.07 Å². The van der Waals surface area contributed by atoms with Crippen LogP contribution in [-0.4, -0.2) is 22.7 Å². The van der Waals surface area contributed by atoms with Crippen LogP contribution < -0.4 is 10.1 Å². The van der Waals surface area contributed by atoms with Gasteiger partial charge in [-0.25, -0.2) is 0 Å². The molecule has 1 aliphatic rings. The zero-order valence-corrected chi connectivity index (χ0v) is 10.4. The first-order valence-corrected chi connectivity index (χ1v) is 6.27. The van der Waals surface area contributed by atoms with Gasteiger partial charge in [-0.15, -0.1) is 16.7 Å². The Hall–Kier alpha value is -1.75. The molecule has 0 saturated carbocycles. The predicted octanol–water partition coefficient (Wildman–Crippen LogP) is 2.40. The lowest BCUT2D eigenvalue weighted by atomic mass is 10.1. The second-order valence-electron chi connectivity index (χ2n) is 3.99. The van der Waals surface area contributed by atoms with Crippen molar-refractivity contribution in [3.63, 3.8) is 0 Å². The summed E-state index contributed by atoms with van der Waals surface area (Å²) in [6, 6.07) is 8.35. The van der Waals surface area contributed by atoms with Crippen molar-refractivity contribution in [1.82, 2.24) is 10.2 Å². The number of rotatable bonds is 4. The lowest BCUT2D eigenvalue weighted by molar-refractivity contribution is 0.337. The van der Waals surface area contributed by atoms with Gasteiger partial charge in [0.2, 0.25) is 5.89 Å². The average molecular weight is 266 g/mol. The third-order valence-electron chi connectivity index (χ3n) is 2.77. The Morgan fingerprint density at radius 2 is 2.22 bits per heavy atom. The van der Waals surface area contributed by atoms with Gasteiger partial charge in [-0.3, -0.25) is 0 Å². The van der Waals surface area contributed by atoms with E-state index in [1.54, 1.807) is 0 Å². The van der Waals surface area contributed by atoms with Crippen molar-refractivity contribution in [1.29, 1.82) is 0 Å². The molecule has 2 aromatic rings. The number of aromatic nitrogens is 2. The number of nitrogens with one attached hydrogen (secondary N) is 1. The number of benzene rings is 1. The number of anilines is 1. The summed E-state index contributed by atoms with van der Waals surface area (Å²) in [5, 5.41) is 11.0. The Morgan fingerprint density at radius 1 is 1.33 bits per heavy atom. The molecule has 0 fully saturated rings. The zero-order chi connectivity index (χ0) is 12.4. The molecule has 3 rings (SSSR count). The second kappa shape index (κ2) is 4.86. The summed E-state index contributed by atoms with van der Waals surface area (Å²) >= 11 is 5.61. The minimum Gasteiger partial charge on any atom is -0.491 e. The SMILES string of the molecule is ClCCc1nnc(NC2COc3ccccc32)o1. The molecule has 0 aliphatic carbocycles. The van der Waals surface area contributed by atoms with Gasteiger partial charge in [0.05, 0.1) is 6.04 Å². The van der Waals surface area contributed by atoms with E-state index in [0.717, 1.165) is 11.3 Å². The molecule has 0 amide bonds. The quantitative estimate of drug-likeness (QED) is 0.860. The summed E-state index contributed by atoms with van der Waals surface area (Å²) in [4.78, 5) is 0. The van der Waals surface area contributed by atoms with E-state index >= 15 is 0 Å². The maximum absolute atomic E-state index is 5.61. The summed E-state index contributed by atoms with van der Waals surface area (Å²) in [6.45, 7) is 0.562. The molecule has 18 heavy (non-hydrogen) atoms. The van der Waals surface area contributed by atoms with Crippen molar-refractivity contribution < 1.29 is 9.15 Å². The van der Waals surface area contributed by atoms with Crippen molar-refractivity contribution in [2.45, 2.75) is 12.5 Å². The number of halogens is 1. The third-order valence-corrected chi connectivity index (χ3v) is 2.96. The Bertz CT molecular complexity index is 544. The second-order valence-corrected chi connectivity index (χ2v) is 4.36. The lowest BCUT2D eigenvalue weighted by Gasteiger charge is -2.08. The fourth-order valence-corrected chi connectivity index (χ4v) is 2.09. The van der Waals surface area contributed by atoms with Crippen LogP contribution in [0.3, 0.4) is 0 Å². The van der Waals surface area contributed by atoms with Crippen molar-refractivity contribution >= 4 is 17.6 Å². The fraction of sp³-hybridized carbons (Fsp3) is 0.333. The monoisotopic (exact) mass is 265 g/mol. The molecule has 5 nitrogen and oxygen atoms in total. The number of hydrogen-bond donors (Lipinski definition) is 1. The minimum atomic E-state index is 0.0468. The Kier molecular flexibility index (Phi) is 3.06. The Morgan fingerprint density at radius 3 is 3.11 bits per heavy atom. The number of hydrogen-bond acceptors (Lipinski definition) is 5. The number of para-hydroxylation sites is 1. The topological polar surface area (TPSA) is 60.2 Å². The van der Waals surface area contributed by atoms with Crippen LogP contribution >= 0.6 is 11.6 Å². The number of ether oxygens (including phenoxy) is 1. The molecule has 1 unspecified atom stereocenters. The first-order chi connectivity index (χ1) is 8.86. The van der Waals surface area contributed by atoms with E-state index in [4.69, 9.17) is 20.8 Å². The van der Waals surface area contributed by atoms with Crippen molar-refractivity contribution in [3.8, 4) is 5.75 Å². The van der Waals surface area contributed by atoms with Gasteiger partial charge in [-0.2, -0.15) is 0 Å². The molecule has 94 valence electrons. The Labute approximate surface area is 109 Å². The molecule has 6 heteroatoms. The van der Waals surface area contributed by atoms with E-state index in [0.29, 0.717) is 30.8 Å².